The van der Waals surface area contributed by atoms with Gasteiger partial charge in [-0.05, 0) is 44.9 Å². The van der Waals surface area contributed by atoms with Crippen LogP contribution in [0.5, 0.6) is 0 Å². The van der Waals surface area contributed by atoms with Crippen LogP contribution >= 0.6 is 11.6 Å². The molecule has 112 valence electrons. The highest BCUT2D eigenvalue weighted by atomic mass is 35.5. The molecule has 2 atom stereocenters. The summed E-state index contributed by atoms with van der Waals surface area (Å²) in [6.07, 6.45) is 0.851. The second-order valence-electron chi connectivity index (χ2n) is 4.93. The number of hydrogen-bond acceptors (Lipinski definition) is 3. The molecule has 0 spiro atoms. The minimum absolute atomic E-state index is 0.0102. The molecule has 0 fully saturated rings. The van der Waals surface area contributed by atoms with E-state index in [1.807, 2.05) is 13.8 Å². The van der Waals surface area contributed by atoms with E-state index in [4.69, 9.17) is 16.3 Å². The predicted octanol–water partition coefficient (Wildman–Crippen LogP) is 3.65. The first-order valence-corrected chi connectivity index (χ1v) is 7.13. The van der Waals surface area contributed by atoms with E-state index in [1.165, 1.54) is 12.1 Å². The second-order valence-corrected chi connectivity index (χ2v) is 5.34. The fourth-order valence-corrected chi connectivity index (χ4v) is 2.12. The van der Waals surface area contributed by atoms with E-state index < -0.39 is 17.3 Å². The monoisotopic (exact) mass is 301 g/mol. The lowest BCUT2D eigenvalue weighted by molar-refractivity contribution is -0.151. The highest BCUT2D eigenvalue weighted by molar-refractivity contribution is 6.30. The number of carbonyl (C=O) groups excluding carboxylic acids is 1. The van der Waals surface area contributed by atoms with Crippen molar-refractivity contribution >= 4 is 17.6 Å². The van der Waals surface area contributed by atoms with Gasteiger partial charge in [-0.1, -0.05) is 24.6 Å². The third kappa shape index (κ3) is 3.70. The topological polar surface area (TPSA) is 38.3 Å². The Morgan fingerprint density at radius 1 is 1.50 bits per heavy atom. The summed E-state index contributed by atoms with van der Waals surface area (Å²) in [6.45, 7) is 7.74. The zero-order valence-corrected chi connectivity index (χ0v) is 13.1. The number of halogens is 2. The van der Waals surface area contributed by atoms with E-state index in [-0.39, 0.29) is 17.7 Å². The molecule has 1 rings (SSSR count). The molecule has 3 nitrogen and oxygen atoms in total. The van der Waals surface area contributed by atoms with Crippen LogP contribution in [0.25, 0.3) is 0 Å². The number of carbonyl (C=O) groups is 1. The maximum absolute atomic E-state index is 13.3. The van der Waals surface area contributed by atoms with Gasteiger partial charge in [0.15, 0.2) is 0 Å². The summed E-state index contributed by atoms with van der Waals surface area (Å²) >= 11 is 5.82. The highest BCUT2D eigenvalue weighted by Gasteiger charge is 2.37. The summed E-state index contributed by atoms with van der Waals surface area (Å²) in [5.41, 5.74) is -0.467. The molecule has 0 bridgehead atoms. The molecule has 0 saturated heterocycles. The van der Waals surface area contributed by atoms with Crippen LogP contribution in [-0.2, 0) is 15.1 Å². The standard InChI is InChI=1S/C15H21ClFNO2/c1-5-10(3)18-15(4,14(19)20-6-2)11-7-8-13(17)12(16)9-11/h7-10,18H,5-6H2,1-4H3. The highest BCUT2D eigenvalue weighted by Crippen LogP contribution is 2.27. The van der Waals surface area contributed by atoms with Gasteiger partial charge in [0.05, 0.1) is 11.6 Å². The van der Waals surface area contributed by atoms with Crippen LogP contribution in [0.3, 0.4) is 0 Å². The Labute approximate surface area is 124 Å². The fourth-order valence-electron chi connectivity index (χ4n) is 1.94. The van der Waals surface area contributed by atoms with E-state index in [2.05, 4.69) is 5.32 Å². The average Bonchev–Trinajstić information content (AvgIpc) is 2.41. The van der Waals surface area contributed by atoms with Gasteiger partial charge in [-0.25, -0.2) is 9.18 Å². The molecule has 1 aromatic rings. The fraction of sp³-hybridized carbons (Fsp3) is 0.533. The van der Waals surface area contributed by atoms with Crippen LogP contribution in [0.2, 0.25) is 5.02 Å². The van der Waals surface area contributed by atoms with Crippen molar-refractivity contribution < 1.29 is 13.9 Å². The van der Waals surface area contributed by atoms with E-state index in [0.717, 1.165) is 6.42 Å². The van der Waals surface area contributed by atoms with Crippen LogP contribution in [0.4, 0.5) is 4.39 Å². The van der Waals surface area contributed by atoms with Crippen LogP contribution in [-0.4, -0.2) is 18.6 Å². The van der Waals surface area contributed by atoms with Gasteiger partial charge in [0, 0.05) is 6.04 Å². The number of hydrogen-bond donors (Lipinski definition) is 1. The molecule has 0 aromatic heterocycles. The Morgan fingerprint density at radius 2 is 2.15 bits per heavy atom. The van der Waals surface area contributed by atoms with Gasteiger partial charge in [-0.2, -0.15) is 0 Å². The molecule has 2 unspecified atom stereocenters. The predicted molar refractivity (Wildman–Crippen MR) is 78.3 cm³/mol. The Morgan fingerprint density at radius 3 is 2.65 bits per heavy atom. The van der Waals surface area contributed by atoms with Crippen molar-refractivity contribution in [3.63, 3.8) is 0 Å². The Hall–Kier alpha value is -1.13. The smallest absolute Gasteiger partial charge is 0.330 e. The normalized spacial score (nSPS) is 15.5. The lowest BCUT2D eigenvalue weighted by atomic mass is 9.90. The van der Waals surface area contributed by atoms with Crippen molar-refractivity contribution in [2.24, 2.45) is 0 Å². The first-order valence-electron chi connectivity index (χ1n) is 6.75. The average molecular weight is 302 g/mol. The summed E-state index contributed by atoms with van der Waals surface area (Å²) in [7, 11) is 0. The molecule has 20 heavy (non-hydrogen) atoms. The first kappa shape index (κ1) is 16.9. The molecular formula is C15H21ClFNO2. The van der Waals surface area contributed by atoms with Crippen molar-refractivity contribution in [1.82, 2.24) is 5.32 Å². The zero-order valence-electron chi connectivity index (χ0n) is 12.3. The number of ether oxygens (including phenoxy) is 1. The van der Waals surface area contributed by atoms with E-state index in [9.17, 15) is 9.18 Å². The van der Waals surface area contributed by atoms with Crippen LogP contribution in [0.1, 0.15) is 39.7 Å². The molecular weight excluding hydrogens is 281 g/mol. The molecule has 0 radical (unpaired) electrons. The molecule has 1 aromatic carbocycles. The van der Waals surface area contributed by atoms with Gasteiger partial charge in [0.2, 0.25) is 0 Å². The van der Waals surface area contributed by atoms with Gasteiger partial charge in [0.25, 0.3) is 0 Å². The lowest BCUT2D eigenvalue weighted by Gasteiger charge is -2.32. The number of nitrogens with one attached hydrogen (secondary N) is 1. The molecule has 0 aliphatic heterocycles. The quantitative estimate of drug-likeness (QED) is 0.815. The van der Waals surface area contributed by atoms with Gasteiger partial charge in [-0.3, -0.25) is 5.32 Å². The van der Waals surface area contributed by atoms with Gasteiger partial charge in [-0.15, -0.1) is 0 Å². The Balaban J connectivity index is 3.21. The largest absolute Gasteiger partial charge is 0.464 e. The SMILES string of the molecule is CCOC(=O)C(C)(NC(C)CC)c1ccc(F)c(Cl)c1. The summed E-state index contributed by atoms with van der Waals surface area (Å²) in [4.78, 5) is 12.3. The zero-order chi connectivity index (χ0) is 15.3. The minimum atomic E-state index is -1.05. The van der Waals surface area contributed by atoms with Crippen LogP contribution < -0.4 is 5.32 Å². The third-order valence-electron chi connectivity index (χ3n) is 3.33. The minimum Gasteiger partial charge on any atom is -0.464 e. The van der Waals surface area contributed by atoms with Crippen LogP contribution in [0, 0.1) is 5.82 Å². The molecule has 0 aliphatic carbocycles. The van der Waals surface area contributed by atoms with E-state index >= 15 is 0 Å². The summed E-state index contributed by atoms with van der Waals surface area (Å²) in [5.74, 6) is -0.909. The molecule has 0 saturated carbocycles. The molecule has 0 aliphatic rings. The number of esters is 1. The van der Waals surface area contributed by atoms with Crippen molar-refractivity contribution in [1.29, 1.82) is 0 Å². The molecule has 5 heteroatoms. The number of rotatable bonds is 6. The van der Waals surface area contributed by atoms with E-state index in [1.54, 1.807) is 19.9 Å². The van der Waals surface area contributed by atoms with Crippen molar-refractivity contribution in [2.75, 3.05) is 6.61 Å². The van der Waals surface area contributed by atoms with Crippen LogP contribution in [0.15, 0.2) is 18.2 Å². The van der Waals surface area contributed by atoms with Crippen molar-refractivity contribution in [3.05, 3.63) is 34.6 Å². The summed E-state index contributed by atoms with van der Waals surface area (Å²) in [6, 6.07) is 4.37. The van der Waals surface area contributed by atoms with Gasteiger partial charge >= 0.3 is 5.97 Å². The number of benzene rings is 1. The first-order chi connectivity index (χ1) is 9.35. The van der Waals surface area contributed by atoms with Gasteiger partial charge < -0.3 is 4.74 Å². The molecule has 0 amide bonds. The van der Waals surface area contributed by atoms with Crippen molar-refractivity contribution in [2.45, 2.75) is 45.7 Å². The lowest BCUT2D eigenvalue weighted by Crippen LogP contribution is -2.51. The Kier molecular flexibility index (Phi) is 5.96. The second kappa shape index (κ2) is 7.04. The Bertz CT molecular complexity index is 481. The molecule has 1 N–H and O–H groups in total. The van der Waals surface area contributed by atoms with E-state index in [0.29, 0.717) is 5.56 Å². The summed E-state index contributed by atoms with van der Waals surface area (Å²) in [5, 5.41) is 3.22. The molecule has 0 heterocycles. The summed E-state index contributed by atoms with van der Waals surface area (Å²) < 4.78 is 18.4. The maximum atomic E-state index is 13.3. The maximum Gasteiger partial charge on any atom is 0.330 e. The van der Waals surface area contributed by atoms with Gasteiger partial charge in [0.1, 0.15) is 11.4 Å². The van der Waals surface area contributed by atoms with Crippen molar-refractivity contribution in [3.8, 4) is 0 Å². The third-order valence-corrected chi connectivity index (χ3v) is 3.62.